The number of hydrogen-bond acceptors (Lipinski definition) is 3. The van der Waals surface area contributed by atoms with Crippen LogP contribution in [0.2, 0.25) is 0 Å². The van der Waals surface area contributed by atoms with E-state index >= 15 is 0 Å². The quantitative estimate of drug-likeness (QED) is 0.748. The number of ketones is 1. The van der Waals surface area contributed by atoms with Crippen LogP contribution in [-0.2, 0) is 6.54 Å². The third-order valence-corrected chi connectivity index (χ3v) is 3.56. The first-order chi connectivity index (χ1) is 8.18. The molecule has 0 atom stereocenters. The molecule has 1 fully saturated rings. The number of likely N-dealkylation sites (tertiary alicyclic amines) is 1. The molecular weight excluding hydrogens is 214 g/mol. The fraction of sp³-hybridized carbons (Fsp3) is 0.692. The van der Waals surface area contributed by atoms with Crippen LogP contribution < -0.4 is 0 Å². The van der Waals surface area contributed by atoms with Gasteiger partial charge in [-0.2, -0.15) is 5.10 Å². The second kappa shape index (κ2) is 5.45. The number of piperidine rings is 1. The molecule has 1 aliphatic rings. The van der Waals surface area contributed by atoms with Crippen LogP contribution >= 0.6 is 0 Å². The van der Waals surface area contributed by atoms with Crippen LogP contribution in [-0.4, -0.2) is 40.1 Å². The van der Waals surface area contributed by atoms with Crippen molar-refractivity contribution in [2.75, 3.05) is 19.6 Å². The highest BCUT2D eigenvalue weighted by molar-refractivity contribution is 5.94. The Bertz CT molecular complexity index is 391. The van der Waals surface area contributed by atoms with Crippen molar-refractivity contribution in [1.82, 2.24) is 14.7 Å². The smallest absolute Gasteiger partial charge is 0.163 e. The predicted octanol–water partition coefficient (Wildman–Crippen LogP) is 1.88. The van der Waals surface area contributed by atoms with Crippen molar-refractivity contribution >= 4 is 5.78 Å². The van der Waals surface area contributed by atoms with Crippen LogP contribution in [0.3, 0.4) is 0 Å². The van der Waals surface area contributed by atoms with Gasteiger partial charge in [0.2, 0.25) is 0 Å². The average molecular weight is 235 g/mol. The fourth-order valence-corrected chi connectivity index (χ4v) is 2.44. The Labute approximate surface area is 103 Å². The topological polar surface area (TPSA) is 38.1 Å². The first-order valence-electron chi connectivity index (χ1n) is 6.44. The molecule has 0 unspecified atom stereocenters. The van der Waals surface area contributed by atoms with Gasteiger partial charge in [-0.1, -0.05) is 6.42 Å². The van der Waals surface area contributed by atoms with Gasteiger partial charge in [0, 0.05) is 12.2 Å². The monoisotopic (exact) mass is 235 g/mol. The molecular formula is C13H21N3O. The largest absolute Gasteiger partial charge is 0.301 e. The molecule has 94 valence electrons. The lowest BCUT2D eigenvalue weighted by atomic mass is 10.1. The average Bonchev–Trinajstić information content (AvgIpc) is 2.69. The molecule has 4 heteroatoms. The second-order valence-corrected chi connectivity index (χ2v) is 4.83. The van der Waals surface area contributed by atoms with Crippen LogP contribution in [0.4, 0.5) is 0 Å². The molecule has 0 aromatic carbocycles. The first-order valence-corrected chi connectivity index (χ1v) is 6.44. The highest BCUT2D eigenvalue weighted by Crippen LogP contribution is 2.10. The van der Waals surface area contributed by atoms with E-state index in [1.807, 2.05) is 11.6 Å². The first kappa shape index (κ1) is 12.3. The van der Waals surface area contributed by atoms with Gasteiger partial charge < -0.3 is 4.90 Å². The van der Waals surface area contributed by atoms with Gasteiger partial charge in [0.05, 0.1) is 18.3 Å². The van der Waals surface area contributed by atoms with Gasteiger partial charge in [0.25, 0.3) is 0 Å². The number of hydrogen-bond donors (Lipinski definition) is 0. The lowest BCUT2D eigenvalue weighted by Crippen LogP contribution is -2.32. The van der Waals surface area contributed by atoms with E-state index in [1.54, 1.807) is 13.1 Å². The molecule has 0 radical (unpaired) electrons. The van der Waals surface area contributed by atoms with E-state index in [4.69, 9.17) is 0 Å². The zero-order valence-electron chi connectivity index (χ0n) is 10.8. The summed E-state index contributed by atoms with van der Waals surface area (Å²) < 4.78 is 1.95. The van der Waals surface area contributed by atoms with Crippen molar-refractivity contribution in [3.63, 3.8) is 0 Å². The summed E-state index contributed by atoms with van der Waals surface area (Å²) in [4.78, 5) is 13.8. The van der Waals surface area contributed by atoms with Crippen molar-refractivity contribution in [1.29, 1.82) is 0 Å². The highest BCUT2D eigenvalue weighted by Gasteiger charge is 2.13. The highest BCUT2D eigenvalue weighted by atomic mass is 16.1. The number of nitrogens with zero attached hydrogens (tertiary/aromatic N) is 3. The van der Waals surface area contributed by atoms with Crippen LogP contribution in [0.25, 0.3) is 0 Å². The molecule has 0 amide bonds. The maximum absolute atomic E-state index is 11.3. The summed E-state index contributed by atoms with van der Waals surface area (Å²) in [5.74, 6) is 0.103. The normalized spacial score (nSPS) is 17.3. The molecule has 4 nitrogen and oxygen atoms in total. The second-order valence-electron chi connectivity index (χ2n) is 4.83. The molecule has 1 aliphatic heterocycles. The minimum absolute atomic E-state index is 0.103. The summed E-state index contributed by atoms with van der Waals surface area (Å²) in [7, 11) is 0. The van der Waals surface area contributed by atoms with Crippen LogP contribution in [0.15, 0.2) is 6.20 Å². The molecule has 1 aromatic rings. The van der Waals surface area contributed by atoms with Gasteiger partial charge in [-0.15, -0.1) is 0 Å². The van der Waals surface area contributed by atoms with Gasteiger partial charge in [0.1, 0.15) is 0 Å². The van der Waals surface area contributed by atoms with Gasteiger partial charge in [-0.3, -0.25) is 9.48 Å². The van der Waals surface area contributed by atoms with Gasteiger partial charge in [-0.25, -0.2) is 0 Å². The summed E-state index contributed by atoms with van der Waals surface area (Å²) >= 11 is 0. The zero-order chi connectivity index (χ0) is 12.3. The standard InChI is InChI=1S/C13H21N3O/c1-11-13(12(2)17)10-14-16(11)9-8-15-6-4-3-5-7-15/h10H,3-9H2,1-2H3. The summed E-state index contributed by atoms with van der Waals surface area (Å²) in [6, 6.07) is 0. The number of Topliss-reactive ketones (excluding diaryl/α,β-unsaturated/α-hetero) is 1. The van der Waals surface area contributed by atoms with Crippen LogP contribution in [0.1, 0.15) is 42.2 Å². The third-order valence-electron chi connectivity index (χ3n) is 3.56. The molecule has 0 saturated carbocycles. The Morgan fingerprint density at radius 1 is 1.29 bits per heavy atom. The minimum Gasteiger partial charge on any atom is -0.301 e. The molecule has 2 rings (SSSR count). The lowest BCUT2D eigenvalue weighted by molar-refractivity contribution is 0.101. The van der Waals surface area contributed by atoms with E-state index in [9.17, 15) is 4.79 Å². The number of rotatable bonds is 4. The maximum Gasteiger partial charge on any atom is 0.163 e. The molecule has 1 aromatic heterocycles. The SMILES string of the molecule is CC(=O)c1cnn(CCN2CCCCC2)c1C. The van der Waals surface area contributed by atoms with E-state index in [0.717, 1.165) is 24.3 Å². The summed E-state index contributed by atoms with van der Waals surface area (Å²) in [6.07, 6.45) is 5.69. The summed E-state index contributed by atoms with van der Waals surface area (Å²) in [5, 5.41) is 4.29. The van der Waals surface area contributed by atoms with Crippen molar-refractivity contribution in [2.45, 2.75) is 39.7 Å². The van der Waals surface area contributed by atoms with E-state index in [1.165, 1.54) is 32.4 Å². The van der Waals surface area contributed by atoms with Crippen molar-refractivity contribution in [2.24, 2.45) is 0 Å². The van der Waals surface area contributed by atoms with Crippen LogP contribution in [0, 0.1) is 6.92 Å². The van der Waals surface area contributed by atoms with E-state index in [2.05, 4.69) is 10.00 Å². The number of carbonyl (C=O) groups excluding carboxylic acids is 1. The van der Waals surface area contributed by atoms with E-state index in [0.29, 0.717) is 0 Å². The van der Waals surface area contributed by atoms with Gasteiger partial charge in [-0.05, 0) is 39.8 Å². The molecule has 0 aliphatic carbocycles. The Morgan fingerprint density at radius 2 is 2.00 bits per heavy atom. The number of aromatic nitrogens is 2. The molecule has 1 saturated heterocycles. The van der Waals surface area contributed by atoms with Crippen molar-refractivity contribution in [3.8, 4) is 0 Å². The fourth-order valence-electron chi connectivity index (χ4n) is 2.44. The predicted molar refractivity (Wildman–Crippen MR) is 67.3 cm³/mol. The van der Waals surface area contributed by atoms with Crippen molar-refractivity contribution in [3.05, 3.63) is 17.5 Å². The Morgan fingerprint density at radius 3 is 2.59 bits per heavy atom. The Hall–Kier alpha value is -1.16. The summed E-state index contributed by atoms with van der Waals surface area (Å²) in [6.45, 7) is 7.91. The number of carbonyl (C=O) groups is 1. The maximum atomic E-state index is 11.3. The lowest BCUT2D eigenvalue weighted by Gasteiger charge is -2.26. The molecule has 17 heavy (non-hydrogen) atoms. The van der Waals surface area contributed by atoms with Crippen molar-refractivity contribution < 1.29 is 4.79 Å². The molecule has 0 N–H and O–H groups in total. The van der Waals surface area contributed by atoms with E-state index < -0.39 is 0 Å². The Balaban J connectivity index is 1.92. The molecule has 0 bridgehead atoms. The third kappa shape index (κ3) is 2.94. The Kier molecular flexibility index (Phi) is 3.94. The molecule has 2 heterocycles. The van der Waals surface area contributed by atoms with E-state index in [-0.39, 0.29) is 5.78 Å². The van der Waals surface area contributed by atoms with Crippen LogP contribution in [0.5, 0.6) is 0 Å². The minimum atomic E-state index is 0.103. The van der Waals surface area contributed by atoms with Gasteiger partial charge >= 0.3 is 0 Å². The zero-order valence-corrected chi connectivity index (χ0v) is 10.8. The van der Waals surface area contributed by atoms with Gasteiger partial charge in [0.15, 0.2) is 5.78 Å². The summed E-state index contributed by atoms with van der Waals surface area (Å²) in [5.41, 5.74) is 1.75. The molecule has 0 spiro atoms.